The molecule has 4 unspecified atom stereocenters. The minimum absolute atomic E-state index is 0.000931. The summed E-state index contributed by atoms with van der Waals surface area (Å²) in [6, 6.07) is 8.72. The molecule has 0 saturated carbocycles. The number of carbonyl (C=O) groups is 5. The van der Waals surface area contributed by atoms with Crippen LogP contribution in [0.2, 0.25) is 0 Å². The number of carboxylic acid groups (broad SMARTS) is 1. The summed E-state index contributed by atoms with van der Waals surface area (Å²) in [5, 5.41) is 30.5. The third-order valence-electron chi connectivity index (χ3n) is 8.61. The minimum Gasteiger partial charge on any atom is -0.507 e. The highest BCUT2D eigenvalue weighted by Gasteiger charge is 2.57. The second-order valence-corrected chi connectivity index (χ2v) is 10.8. The van der Waals surface area contributed by atoms with Crippen LogP contribution in [-0.2, 0) is 19.2 Å². The number of fused-ring (bicyclic) bond motifs is 3. The number of aromatic carboxylic acids is 1. The molecule has 9 heteroatoms. The van der Waals surface area contributed by atoms with Gasteiger partial charge in [-0.05, 0) is 56.4 Å². The highest BCUT2D eigenvalue weighted by molar-refractivity contribution is 6.25. The fourth-order valence-corrected chi connectivity index (χ4v) is 6.75. The summed E-state index contributed by atoms with van der Waals surface area (Å²) >= 11 is 0. The van der Waals surface area contributed by atoms with E-state index in [4.69, 9.17) is 0 Å². The lowest BCUT2D eigenvalue weighted by Crippen LogP contribution is -2.39. The Bertz CT molecular complexity index is 1680. The lowest BCUT2D eigenvalue weighted by Gasteiger charge is -2.42. The fraction of sp³-hybridized carbons (Fsp3) is 0.258. The molecule has 2 aromatic carbocycles. The van der Waals surface area contributed by atoms with Gasteiger partial charge in [-0.3, -0.25) is 19.2 Å². The first-order chi connectivity index (χ1) is 19.0. The van der Waals surface area contributed by atoms with Crippen molar-refractivity contribution in [3.05, 3.63) is 87.5 Å². The van der Waals surface area contributed by atoms with Gasteiger partial charge in [-0.1, -0.05) is 29.8 Å². The molecular weight excluding hydrogens is 514 g/mol. The molecule has 40 heavy (non-hydrogen) atoms. The first kappa shape index (κ1) is 25.5. The van der Waals surface area contributed by atoms with Gasteiger partial charge in [0.25, 0.3) is 0 Å². The van der Waals surface area contributed by atoms with E-state index in [1.807, 2.05) is 6.08 Å². The molecule has 2 aromatic rings. The summed E-state index contributed by atoms with van der Waals surface area (Å²) < 4.78 is 0. The van der Waals surface area contributed by atoms with E-state index in [1.54, 1.807) is 32.0 Å². The molecule has 1 fully saturated rings. The number of anilines is 1. The van der Waals surface area contributed by atoms with E-state index in [0.717, 1.165) is 17.0 Å². The summed E-state index contributed by atoms with van der Waals surface area (Å²) in [7, 11) is 0. The summed E-state index contributed by atoms with van der Waals surface area (Å²) in [6.07, 6.45) is 3.47. The maximum atomic E-state index is 13.9. The van der Waals surface area contributed by atoms with Crippen LogP contribution < -0.4 is 4.90 Å². The molecule has 3 aliphatic carbocycles. The number of nitrogens with zero attached hydrogens (tertiary/aromatic N) is 1. The predicted molar refractivity (Wildman–Crippen MR) is 142 cm³/mol. The van der Waals surface area contributed by atoms with Gasteiger partial charge < -0.3 is 15.3 Å². The Kier molecular flexibility index (Phi) is 5.65. The highest BCUT2D eigenvalue weighted by Crippen LogP contribution is 2.56. The molecule has 2 amide bonds. The molecule has 9 nitrogen and oxygen atoms in total. The molecule has 1 aliphatic heterocycles. The maximum Gasteiger partial charge on any atom is 0.339 e. The quantitative estimate of drug-likeness (QED) is 0.303. The van der Waals surface area contributed by atoms with Gasteiger partial charge in [0.1, 0.15) is 17.1 Å². The number of hydrogen-bond acceptors (Lipinski definition) is 7. The van der Waals surface area contributed by atoms with E-state index in [-0.39, 0.29) is 41.4 Å². The van der Waals surface area contributed by atoms with Crippen LogP contribution in [0.1, 0.15) is 47.2 Å². The zero-order chi connectivity index (χ0) is 28.6. The molecule has 4 aliphatic rings. The van der Waals surface area contributed by atoms with Crippen molar-refractivity contribution in [2.75, 3.05) is 4.90 Å². The number of hydrogen-bond donors (Lipinski definition) is 3. The monoisotopic (exact) mass is 539 g/mol. The first-order valence-electron chi connectivity index (χ1n) is 12.9. The number of amides is 2. The molecule has 1 saturated heterocycles. The van der Waals surface area contributed by atoms with Crippen LogP contribution in [0, 0.1) is 24.7 Å². The Morgan fingerprint density at radius 2 is 1.73 bits per heavy atom. The highest BCUT2D eigenvalue weighted by atomic mass is 16.4. The third-order valence-corrected chi connectivity index (χ3v) is 8.61. The molecule has 0 aromatic heterocycles. The van der Waals surface area contributed by atoms with Crippen LogP contribution in [0.4, 0.5) is 5.69 Å². The lowest BCUT2D eigenvalue weighted by atomic mass is 9.59. The van der Waals surface area contributed by atoms with E-state index >= 15 is 0 Å². The van der Waals surface area contributed by atoms with Gasteiger partial charge in [0.05, 0.1) is 17.5 Å². The second kappa shape index (κ2) is 8.87. The number of aromatic hydroxyl groups is 2. The van der Waals surface area contributed by atoms with Crippen LogP contribution in [-0.4, -0.2) is 44.7 Å². The fourth-order valence-electron chi connectivity index (χ4n) is 6.75. The molecule has 0 spiro atoms. The van der Waals surface area contributed by atoms with Gasteiger partial charge in [-0.2, -0.15) is 0 Å². The summed E-state index contributed by atoms with van der Waals surface area (Å²) in [5.41, 5.74) is 2.34. The van der Waals surface area contributed by atoms with Crippen molar-refractivity contribution < 1.29 is 39.3 Å². The van der Waals surface area contributed by atoms with Crippen LogP contribution in [0.15, 0.2) is 70.8 Å². The van der Waals surface area contributed by atoms with Gasteiger partial charge in [0, 0.05) is 34.3 Å². The Morgan fingerprint density at radius 1 is 0.975 bits per heavy atom. The number of carboxylic acids is 1. The van der Waals surface area contributed by atoms with E-state index in [2.05, 4.69) is 0 Å². The van der Waals surface area contributed by atoms with Gasteiger partial charge in [0.15, 0.2) is 11.6 Å². The number of phenolic OH excluding ortho intramolecular Hbond substituents is 1. The minimum atomic E-state index is -1.35. The number of Topliss-reactive ketones (excluding diaryl/α,β-unsaturated/α-hetero) is 1. The topological polar surface area (TPSA) is 149 Å². The van der Waals surface area contributed by atoms with E-state index in [0.29, 0.717) is 33.4 Å². The van der Waals surface area contributed by atoms with Crippen LogP contribution >= 0.6 is 0 Å². The molecular formula is C31H25NO8. The van der Waals surface area contributed by atoms with Crippen LogP contribution in [0.3, 0.4) is 0 Å². The molecule has 3 N–H and O–H groups in total. The number of ketones is 2. The van der Waals surface area contributed by atoms with E-state index in [1.165, 1.54) is 12.1 Å². The number of phenols is 2. The largest absolute Gasteiger partial charge is 0.507 e. The summed E-state index contributed by atoms with van der Waals surface area (Å²) in [4.78, 5) is 66.5. The Morgan fingerprint density at radius 3 is 2.42 bits per heavy atom. The van der Waals surface area contributed by atoms with Crippen molar-refractivity contribution in [2.24, 2.45) is 17.8 Å². The van der Waals surface area contributed by atoms with E-state index < -0.39 is 47.2 Å². The second-order valence-electron chi connectivity index (χ2n) is 10.8. The number of para-hydroxylation sites is 1. The molecule has 1 heterocycles. The molecule has 0 radical (unpaired) electrons. The standard InChI is InChI=1S/C31H25NO8/c1-13-4-3-5-18(27(13)35)24-16-8-9-19-25(20(16)12-21-26(24)23(34)10-14(2)28(21)36)30(38)32(29(19)37)15-6-7-17(31(39)40)22(33)11-15/h3-8,10-11,19-20,24-25,33,35H,9,12H2,1-2H3,(H,39,40). The number of benzene rings is 2. The van der Waals surface area contributed by atoms with Crippen LogP contribution in [0.5, 0.6) is 11.5 Å². The normalized spacial score (nSPS) is 25.8. The average Bonchev–Trinajstić information content (AvgIpc) is 3.17. The Hall–Kier alpha value is -4.79. The number of rotatable bonds is 3. The molecule has 202 valence electrons. The van der Waals surface area contributed by atoms with Gasteiger partial charge in [-0.15, -0.1) is 0 Å². The summed E-state index contributed by atoms with van der Waals surface area (Å²) in [5.74, 6) is -6.46. The lowest BCUT2D eigenvalue weighted by molar-refractivity contribution is -0.123. The smallest absolute Gasteiger partial charge is 0.339 e. The van der Waals surface area contributed by atoms with Gasteiger partial charge in [-0.25, -0.2) is 9.69 Å². The van der Waals surface area contributed by atoms with Crippen molar-refractivity contribution >= 4 is 35.0 Å². The zero-order valence-electron chi connectivity index (χ0n) is 21.7. The number of imide groups is 1. The number of carbonyl (C=O) groups excluding carboxylic acids is 4. The van der Waals surface area contributed by atoms with Crippen LogP contribution in [0.25, 0.3) is 0 Å². The molecule has 6 rings (SSSR count). The molecule has 0 bridgehead atoms. The average molecular weight is 540 g/mol. The zero-order valence-corrected chi connectivity index (χ0v) is 21.7. The van der Waals surface area contributed by atoms with E-state index in [9.17, 15) is 39.3 Å². The van der Waals surface area contributed by atoms with Gasteiger partial charge >= 0.3 is 5.97 Å². The van der Waals surface area contributed by atoms with Gasteiger partial charge in [0.2, 0.25) is 11.8 Å². The first-order valence-corrected chi connectivity index (χ1v) is 12.9. The van der Waals surface area contributed by atoms with Crippen molar-refractivity contribution in [3.63, 3.8) is 0 Å². The number of allylic oxidation sites excluding steroid dienone is 6. The predicted octanol–water partition coefficient (Wildman–Crippen LogP) is 3.74. The van der Waals surface area contributed by atoms with Crippen molar-refractivity contribution in [1.29, 1.82) is 0 Å². The van der Waals surface area contributed by atoms with Crippen molar-refractivity contribution in [3.8, 4) is 11.5 Å². The van der Waals surface area contributed by atoms with Crippen molar-refractivity contribution in [2.45, 2.75) is 32.6 Å². The summed E-state index contributed by atoms with van der Waals surface area (Å²) in [6.45, 7) is 3.30. The third kappa shape index (κ3) is 3.50. The Labute approximate surface area is 228 Å². The number of aryl methyl sites for hydroxylation is 1. The molecule has 4 atom stereocenters. The Balaban J connectivity index is 1.48. The SMILES string of the molecule is CC1=CC(=O)C2=C(CC3C(=CCC4C(=O)N(c5ccc(C(=O)O)c(O)c5)C(=O)C43)C2c2cccc(C)c2O)C1=O. The van der Waals surface area contributed by atoms with Crippen molar-refractivity contribution in [1.82, 2.24) is 0 Å². The maximum absolute atomic E-state index is 13.9.